The highest BCUT2D eigenvalue weighted by molar-refractivity contribution is 7.84. The van der Waals surface area contributed by atoms with Crippen molar-refractivity contribution >= 4 is 10.3 Å². The van der Waals surface area contributed by atoms with Crippen LogP contribution in [0.25, 0.3) is 0 Å². The average molecular weight is 462 g/mol. The fourth-order valence-electron chi connectivity index (χ4n) is 7.70. The molecule has 0 heterocycles. The molecule has 0 radical (unpaired) electrons. The molecule has 1 aromatic rings. The molecule has 0 aromatic heterocycles. The van der Waals surface area contributed by atoms with Crippen LogP contribution in [0.15, 0.2) is 30.9 Å². The second kappa shape index (κ2) is 8.77. The van der Waals surface area contributed by atoms with Crippen molar-refractivity contribution in [2.45, 2.75) is 90.1 Å². The summed E-state index contributed by atoms with van der Waals surface area (Å²) in [5.74, 6) is 1.53. The molecular weight excluding hydrogens is 422 g/mol. The number of rotatable bonds is 8. The smallest absolute Gasteiger partial charge is 0.380 e. The van der Waals surface area contributed by atoms with Gasteiger partial charge in [-0.3, -0.25) is 0 Å². The minimum atomic E-state index is -4.04. The normalized spacial score (nSPS) is 36.1. The monoisotopic (exact) mass is 461 g/mol. The van der Waals surface area contributed by atoms with Gasteiger partial charge >= 0.3 is 10.3 Å². The summed E-state index contributed by atoms with van der Waals surface area (Å²) in [6.07, 6.45) is 12.9. The van der Waals surface area contributed by atoms with Gasteiger partial charge in [0, 0.05) is 0 Å². The quantitative estimate of drug-likeness (QED) is 0.409. The van der Waals surface area contributed by atoms with Gasteiger partial charge in [0.25, 0.3) is 0 Å². The molecule has 3 unspecified atom stereocenters. The van der Waals surface area contributed by atoms with Gasteiger partial charge in [0.1, 0.15) is 5.75 Å². The molecule has 6 atom stereocenters. The summed E-state index contributed by atoms with van der Waals surface area (Å²) >= 11 is 0. The van der Waals surface area contributed by atoms with Crippen molar-refractivity contribution in [1.82, 2.24) is 0 Å². The van der Waals surface area contributed by atoms with E-state index in [0.29, 0.717) is 17.8 Å². The minimum absolute atomic E-state index is 0.0325. The maximum absolute atomic E-state index is 11.4. The lowest BCUT2D eigenvalue weighted by Gasteiger charge is -2.60. The van der Waals surface area contributed by atoms with E-state index >= 15 is 0 Å². The number of aryl methyl sites for hydroxylation is 1. The van der Waals surface area contributed by atoms with Crippen LogP contribution in [0, 0.1) is 22.7 Å². The number of hydrogen-bond donors (Lipinski definition) is 2. The van der Waals surface area contributed by atoms with Crippen molar-refractivity contribution in [2.75, 3.05) is 0 Å². The maximum Gasteiger partial charge on any atom is 0.380 e. The summed E-state index contributed by atoms with van der Waals surface area (Å²) in [6.45, 7) is 8.91. The molecule has 6 heteroatoms. The van der Waals surface area contributed by atoms with Crippen LogP contribution in [0.2, 0.25) is 0 Å². The molecule has 2 fully saturated rings. The molecule has 3 aliphatic carbocycles. The van der Waals surface area contributed by atoms with Crippen LogP contribution >= 0.6 is 0 Å². The van der Waals surface area contributed by atoms with Crippen molar-refractivity contribution in [3.05, 3.63) is 42.0 Å². The summed E-state index contributed by atoms with van der Waals surface area (Å²) in [6, 6.07) is 5.66. The number of allylic oxidation sites excluding steroid dienone is 1. The van der Waals surface area contributed by atoms with E-state index in [1.807, 2.05) is 6.07 Å². The third-order valence-corrected chi connectivity index (χ3v) is 9.41. The van der Waals surface area contributed by atoms with E-state index in [9.17, 15) is 13.5 Å². The zero-order chi connectivity index (χ0) is 23.1. The van der Waals surface area contributed by atoms with Gasteiger partial charge < -0.3 is 9.29 Å². The Bertz CT molecular complexity index is 961. The molecule has 178 valence electrons. The Kier molecular flexibility index (Phi) is 6.51. The summed E-state index contributed by atoms with van der Waals surface area (Å²) in [4.78, 5) is 0. The number of fused-ring (bicyclic) bond motifs is 5. The molecule has 3 aliphatic rings. The van der Waals surface area contributed by atoms with Crippen LogP contribution in [0.3, 0.4) is 0 Å². The molecule has 0 saturated heterocycles. The third-order valence-electron chi connectivity index (χ3n) is 8.99. The number of nitrogens with two attached hydrogens (primary N) is 1. The van der Waals surface area contributed by atoms with Crippen molar-refractivity contribution in [2.24, 2.45) is 27.8 Å². The highest BCUT2D eigenvalue weighted by Gasteiger charge is 2.63. The summed E-state index contributed by atoms with van der Waals surface area (Å²) in [5, 5.41) is 16.1. The Balaban J connectivity index is 1.75. The highest BCUT2D eigenvalue weighted by Crippen LogP contribution is 2.69. The summed E-state index contributed by atoms with van der Waals surface area (Å²) in [5.41, 5.74) is 2.37. The Hall–Kier alpha value is -1.37. The van der Waals surface area contributed by atoms with E-state index in [0.717, 1.165) is 44.1 Å². The Morgan fingerprint density at radius 3 is 2.75 bits per heavy atom. The minimum Gasteiger partial charge on any atom is -0.393 e. The first-order valence-electron chi connectivity index (χ1n) is 12.3. The van der Waals surface area contributed by atoms with Crippen LogP contribution in [-0.4, -0.2) is 19.6 Å². The highest BCUT2D eigenvalue weighted by atomic mass is 32.2. The lowest BCUT2D eigenvalue weighted by molar-refractivity contribution is -0.0812. The number of aliphatic hydroxyl groups is 1. The molecule has 0 bridgehead atoms. The lowest BCUT2D eigenvalue weighted by atomic mass is 9.44. The predicted molar refractivity (Wildman–Crippen MR) is 128 cm³/mol. The van der Waals surface area contributed by atoms with E-state index in [1.165, 1.54) is 31.2 Å². The van der Waals surface area contributed by atoms with Gasteiger partial charge in [-0.05, 0) is 90.4 Å². The summed E-state index contributed by atoms with van der Waals surface area (Å²) < 4.78 is 27.8. The molecule has 2 saturated carbocycles. The topological polar surface area (TPSA) is 89.6 Å². The van der Waals surface area contributed by atoms with Gasteiger partial charge in [-0.15, -0.1) is 6.58 Å². The van der Waals surface area contributed by atoms with Crippen molar-refractivity contribution < 1.29 is 17.7 Å². The first-order valence-corrected chi connectivity index (χ1v) is 13.8. The number of benzene rings is 1. The second-order valence-electron chi connectivity index (χ2n) is 10.7. The Morgan fingerprint density at radius 2 is 2.06 bits per heavy atom. The van der Waals surface area contributed by atoms with E-state index < -0.39 is 10.3 Å². The maximum atomic E-state index is 11.4. The van der Waals surface area contributed by atoms with Gasteiger partial charge in [0.05, 0.1) is 6.10 Å². The largest absolute Gasteiger partial charge is 0.393 e. The predicted octanol–water partition coefficient (Wildman–Crippen LogP) is 5.24. The lowest BCUT2D eigenvalue weighted by Crippen LogP contribution is -2.54. The Labute approximate surface area is 193 Å². The third kappa shape index (κ3) is 4.03. The van der Waals surface area contributed by atoms with Gasteiger partial charge in [-0.25, -0.2) is 0 Å². The molecular formula is C26H39NO4S. The molecule has 3 N–H and O–H groups in total. The molecule has 5 nitrogen and oxygen atoms in total. The van der Waals surface area contributed by atoms with Crippen LogP contribution in [-0.2, 0) is 16.7 Å². The second-order valence-corrected chi connectivity index (χ2v) is 11.8. The number of aliphatic hydroxyl groups excluding tert-OH is 1. The van der Waals surface area contributed by atoms with Gasteiger partial charge in [-0.1, -0.05) is 51.7 Å². The first kappa shape index (κ1) is 23.8. The van der Waals surface area contributed by atoms with E-state index in [2.05, 4.69) is 32.6 Å². The average Bonchev–Trinajstić information content (AvgIpc) is 3.04. The van der Waals surface area contributed by atoms with Crippen LogP contribution in [0.4, 0.5) is 0 Å². The number of unbranched alkanes of at least 4 members (excludes halogenated alkanes) is 3. The summed E-state index contributed by atoms with van der Waals surface area (Å²) in [7, 11) is -4.04. The van der Waals surface area contributed by atoms with Crippen LogP contribution in [0.1, 0.15) is 88.7 Å². The van der Waals surface area contributed by atoms with Crippen molar-refractivity contribution in [3.8, 4) is 5.75 Å². The van der Waals surface area contributed by atoms with E-state index in [4.69, 9.17) is 9.32 Å². The number of hydrogen-bond acceptors (Lipinski definition) is 4. The van der Waals surface area contributed by atoms with Crippen molar-refractivity contribution in [1.29, 1.82) is 0 Å². The molecule has 4 rings (SSSR count). The van der Waals surface area contributed by atoms with E-state index in [1.54, 1.807) is 6.07 Å². The van der Waals surface area contributed by atoms with E-state index in [-0.39, 0.29) is 22.7 Å². The fourth-order valence-corrected chi connectivity index (χ4v) is 8.07. The zero-order valence-electron chi connectivity index (χ0n) is 19.6. The van der Waals surface area contributed by atoms with Gasteiger partial charge in [0.15, 0.2) is 0 Å². The zero-order valence-corrected chi connectivity index (χ0v) is 20.4. The SMILES string of the molecule is C=CC12CCc3cc(OS(N)(=O)=O)ccc3[C@H]1C(CCCCCC)C[C@]1(C)C(O)CC[C@@H]21. The molecule has 32 heavy (non-hydrogen) atoms. The van der Waals surface area contributed by atoms with Crippen molar-refractivity contribution in [3.63, 3.8) is 0 Å². The molecule has 1 aromatic carbocycles. The molecule has 0 aliphatic heterocycles. The van der Waals surface area contributed by atoms with Gasteiger partial charge in [0.2, 0.25) is 0 Å². The van der Waals surface area contributed by atoms with Crippen LogP contribution in [0.5, 0.6) is 5.75 Å². The fraction of sp³-hybridized carbons (Fsp3) is 0.692. The Morgan fingerprint density at radius 1 is 1.28 bits per heavy atom. The van der Waals surface area contributed by atoms with Gasteiger partial charge in [-0.2, -0.15) is 13.6 Å². The molecule has 0 amide bonds. The first-order chi connectivity index (χ1) is 15.1. The van der Waals surface area contributed by atoms with Crippen LogP contribution < -0.4 is 9.32 Å². The standard InChI is InChI=1S/C26H39NO4S/c1-4-6-7-8-9-19-17-25(3)22(12-13-23(25)28)26(5-2)15-14-18-16-20(31-32(27,29)30)10-11-21(18)24(19)26/h5,10-11,16,19,22-24,28H,2,4,6-9,12-15,17H2,1,3H3,(H2,27,29,30)/t19?,22-,23?,24-,25+,26?/m1/s1. The molecule has 0 spiro atoms.